The van der Waals surface area contributed by atoms with Gasteiger partial charge in [-0.1, -0.05) is 6.42 Å². The number of piperazine rings is 1. The minimum absolute atomic E-state index is 0.0672. The van der Waals surface area contributed by atoms with Crippen LogP contribution in [0, 0.1) is 0 Å². The Balaban J connectivity index is 1.11. The molecule has 3 aliphatic rings. The van der Waals surface area contributed by atoms with Crippen LogP contribution in [0.3, 0.4) is 0 Å². The van der Waals surface area contributed by atoms with E-state index in [4.69, 9.17) is 9.47 Å². The molecule has 1 aromatic carbocycles. The van der Waals surface area contributed by atoms with E-state index in [0.29, 0.717) is 6.54 Å². The van der Waals surface area contributed by atoms with Crippen molar-refractivity contribution in [1.29, 1.82) is 0 Å². The number of carbonyl (C=O) groups excluding carboxylic acids is 1. The molecule has 1 saturated heterocycles. The van der Waals surface area contributed by atoms with Gasteiger partial charge in [0.15, 0.2) is 18.0 Å². The second-order valence-electron chi connectivity index (χ2n) is 8.87. The van der Waals surface area contributed by atoms with Gasteiger partial charge in [0.2, 0.25) is 0 Å². The largest absolute Gasteiger partial charge is 0.448 e. The maximum absolute atomic E-state index is 12.6. The summed E-state index contributed by atoms with van der Waals surface area (Å²) >= 11 is 1.76. The zero-order valence-corrected chi connectivity index (χ0v) is 18.2. The molecule has 1 aromatic heterocycles. The molecule has 0 radical (unpaired) electrons. The third-order valence-corrected chi connectivity index (χ3v) is 7.28. The minimum Gasteiger partial charge on any atom is -0.448 e. The SMILES string of the molecule is O=C(C[NH+]1CC[NH+](Cc2ccsc2)CC1)Nc1ccc2c(c1)OC1(CCCCC1)O2. The van der Waals surface area contributed by atoms with Crippen LogP contribution in [0.1, 0.15) is 37.7 Å². The molecular formula is C23H31N3O3S+2. The van der Waals surface area contributed by atoms with E-state index in [2.05, 4.69) is 22.1 Å². The second-order valence-corrected chi connectivity index (χ2v) is 9.65. The summed E-state index contributed by atoms with van der Waals surface area (Å²) in [4.78, 5) is 15.6. The van der Waals surface area contributed by atoms with Gasteiger partial charge in [0.05, 0.1) is 0 Å². The van der Waals surface area contributed by atoms with Crippen LogP contribution in [0.15, 0.2) is 35.0 Å². The summed E-state index contributed by atoms with van der Waals surface area (Å²) < 4.78 is 12.3. The van der Waals surface area contributed by atoms with Crippen molar-refractivity contribution in [2.24, 2.45) is 0 Å². The van der Waals surface area contributed by atoms with E-state index in [0.717, 1.165) is 75.6 Å². The zero-order chi connectivity index (χ0) is 20.4. The van der Waals surface area contributed by atoms with Crippen molar-refractivity contribution < 1.29 is 24.1 Å². The highest BCUT2D eigenvalue weighted by molar-refractivity contribution is 7.07. The molecule has 2 aromatic rings. The van der Waals surface area contributed by atoms with E-state index < -0.39 is 5.79 Å². The number of hydrogen-bond donors (Lipinski definition) is 3. The predicted octanol–water partition coefficient (Wildman–Crippen LogP) is 1.10. The van der Waals surface area contributed by atoms with Crippen molar-refractivity contribution >= 4 is 22.9 Å². The lowest BCUT2D eigenvalue weighted by molar-refractivity contribution is -1.02. The third-order valence-electron chi connectivity index (χ3n) is 6.54. The fourth-order valence-electron chi connectivity index (χ4n) is 4.89. The number of hydrogen-bond acceptors (Lipinski definition) is 4. The molecule has 0 atom stereocenters. The Morgan fingerprint density at radius 2 is 1.77 bits per heavy atom. The first-order chi connectivity index (χ1) is 14.7. The van der Waals surface area contributed by atoms with Gasteiger partial charge in [-0.05, 0) is 41.8 Å². The standard InChI is InChI=1S/C23H29N3O3S/c27-22(16-26-11-9-25(10-12-26)15-18-6-13-30-17-18)24-19-4-5-20-21(14-19)29-23(28-20)7-2-1-3-8-23/h4-6,13-14,17H,1-3,7-12,15-16H2,(H,24,27)/p+2. The summed E-state index contributed by atoms with van der Waals surface area (Å²) in [6, 6.07) is 7.97. The number of amides is 1. The van der Waals surface area contributed by atoms with Gasteiger partial charge >= 0.3 is 0 Å². The minimum atomic E-state index is -0.474. The average molecular weight is 430 g/mol. The Bertz CT molecular complexity index is 872. The lowest BCUT2D eigenvalue weighted by Crippen LogP contribution is -3.28. The summed E-state index contributed by atoms with van der Waals surface area (Å²) in [5, 5.41) is 7.44. The Labute approximate surface area is 181 Å². The van der Waals surface area contributed by atoms with Crippen LogP contribution in [-0.4, -0.2) is 44.4 Å². The normalized spacial score (nSPS) is 24.7. The average Bonchev–Trinajstić information content (AvgIpc) is 3.37. The van der Waals surface area contributed by atoms with Crippen molar-refractivity contribution in [2.75, 3.05) is 38.0 Å². The zero-order valence-electron chi connectivity index (χ0n) is 17.4. The Kier molecular flexibility index (Phi) is 5.67. The lowest BCUT2D eigenvalue weighted by Gasteiger charge is -2.31. The van der Waals surface area contributed by atoms with Gasteiger partial charge in [0.25, 0.3) is 11.7 Å². The number of fused-ring (bicyclic) bond motifs is 1. The highest BCUT2D eigenvalue weighted by Gasteiger charge is 2.42. The summed E-state index contributed by atoms with van der Waals surface area (Å²) in [6.07, 6.45) is 5.41. The van der Waals surface area contributed by atoms with Crippen molar-refractivity contribution in [3.8, 4) is 11.5 Å². The molecule has 7 heteroatoms. The van der Waals surface area contributed by atoms with Gasteiger partial charge in [-0.3, -0.25) is 4.79 Å². The number of ether oxygens (including phenoxy) is 2. The molecule has 1 amide bonds. The molecule has 2 aliphatic heterocycles. The van der Waals surface area contributed by atoms with Crippen molar-refractivity contribution in [3.05, 3.63) is 40.6 Å². The Morgan fingerprint density at radius 3 is 2.53 bits per heavy atom. The van der Waals surface area contributed by atoms with Crippen molar-refractivity contribution in [1.82, 2.24) is 0 Å². The quantitative estimate of drug-likeness (QED) is 0.667. The molecule has 2 fully saturated rings. The molecule has 160 valence electrons. The number of benzene rings is 1. The molecule has 0 bridgehead atoms. The molecule has 5 rings (SSSR count). The smallest absolute Gasteiger partial charge is 0.279 e. The van der Waals surface area contributed by atoms with Crippen LogP contribution < -0.4 is 24.6 Å². The fraction of sp³-hybridized carbons (Fsp3) is 0.522. The van der Waals surface area contributed by atoms with Crippen LogP contribution in [0.25, 0.3) is 0 Å². The van der Waals surface area contributed by atoms with Gasteiger partial charge in [-0.25, -0.2) is 0 Å². The van der Waals surface area contributed by atoms with E-state index >= 15 is 0 Å². The Hall–Kier alpha value is -2.09. The highest BCUT2D eigenvalue weighted by Crippen LogP contribution is 2.46. The van der Waals surface area contributed by atoms with Crippen LogP contribution in [0.2, 0.25) is 0 Å². The molecule has 1 saturated carbocycles. The van der Waals surface area contributed by atoms with Crippen LogP contribution >= 0.6 is 11.3 Å². The molecule has 3 N–H and O–H groups in total. The molecular weight excluding hydrogens is 398 g/mol. The first kappa shape index (κ1) is 19.8. The topological polar surface area (TPSA) is 56.4 Å². The summed E-state index contributed by atoms with van der Waals surface area (Å²) in [7, 11) is 0. The first-order valence-electron chi connectivity index (χ1n) is 11.2. The maximum Gasteiger partial charge on any atom is 0.279 e. The summed E-state index contributed by atoms with van der Waals surface area (Å²) in [5.74, 6) is 1.15. The lowest BCUT2D eigenvalue weighted by atomic mass is 9.94. The monoisotopic (exact) mass is 429 g/mol. The van der Waals surface area contributed by atoms with Crippen molar-refractivity contribution in [2.45, 2.75) is 44.4 Å². The predicted molar refractivity (Wildman–Crippen MR) is 116 cm³/mol. The molecule has 1 aliphatic carbocycles. The van der Waals surface area contributed by atoms with Crippen LogP contribution in [0.4, 0.5) is 5.69 Å². The van der Waals surface area contributed by atoms with E-state index in [1.54, 1.807) is 16.2 Å². The van der Waals surface area contributed by atoms with Gasteiger partial charge in [0.1, 0.15) is 32.7 Å². The molecule has 30 heavy (non-hydrogen) atoms. The third kappa shape index (κ3) is 4.48. The van der Waals surface area contributed by atoms with Crippen LogP contribution in [0.5, 0.6) is 11.5 Å². The van der Waals surface area contributed by atoms with E-state index in [-0.39, 0.29) is 5.91 Å². The van der Waals surface area contributed by atoms with Gasteiger partial charge in [-0.15, -0.1) is 0 Å². The number of rotatable bonds is 5. The fourth-order valence-corrected chi connectivity index (χ4v) is 5.56. The van der Waals surface area contributed by atoms with Gasteiger partial charge in [-0.2, -0.15) is 11.3 Å². The van der Waals surface area contributed by atoms with E-state index in [9.17, 15) is 4.79 Å². The molecule has 0 unspecified atom stereocenters. The number of thiophene rings is 1. The van der Waals surface area contributed by atoms with Crippen molar-refractivity contribution in [3.63, 3.8) is 0 Å². The van der Waals surface area contributed by atoms with E-state index in [1.165, 1.54) is 16.9 Å². The summed E-state index contributed by atoms with van der Waals surface area (Å²) in [6.45, 7) is 5.92. The first-order valence-corrected chi connectivity index (χ1v) is 12.1. The van der Waals surface area contributed by atoms with Gasteiger partial charge < -0.3 is 24.6 Å². The van der Waals surface area contributed by atoms with E-state index in [1.807, 2.05) is 18.2 Å². The van der Waals surface area contributed by atoms with Gasteiger partial charge in [0, 0.05) is 30.2 Å². The molecule has 6 nitrogen and oxygen atoms in total. The number of nitrogens with one attached hydrogen (secondary N) is 3. The van der Waals surface area contributed by atoms with Crippen LogP contribution in [-0.2, 0) is 11.3 Å². The number of anilines is 1. The summed E-state index contributed by atoms with van der Waals surface area (Å²) in [5.41, 5.74) is 2.21. The molecule has 3 heterocycles. The highest BCUT2D eigenvalue weighted by atomic mass is 32.1. The Morgan fingerprint density at radius 1 is 1.00 bits per heavy atom. The molecule has 1 spiro atoms. The maximum atomic E-state index is 12.6. The second kappa shape index (κ2) is 8.57. The number of quaternary nitrogens is 2. The number of carbonyl (C=O) groups is 1.